The molecule has 0 heterocycles. The molecule has 0 aromatic heterocycles. The summed E-state index contributed by atoms with van der Waals surface area (Å²) in [6.45, 7) is 0.814. The molecule has 1 aromatic rings. The molecule has 5 nitrogen and oxygen atoms in total. The predicted molar refractivity (Wildman–Crippen MR) is 59.9 cm³/mol. The fourth-order valence-electron chi connectivity index (χ4n) is 1.49. The van der Waals surface area contributed by atoms with Gasteiger partial charge in [0.25, 0.3) is 0 Å². The van der Waals surface area contributed by atoms with Gasteiger partial charge in [0, 0.05) is 0 Å². The molecule has 1 aromatic carbocycles. The van der Waals surface area contributed by atoms with Crippen LogP contribution in [0.5, 0.6) is 0 Å². The molecule has 0 saturated carbocycles. The van der Waals surface area contributed by atoms with Crippen molar-refractivity contribution in [2.75, 3.05) is 13.1 Å². The summed E-state index contributed by atoms with van der Waals surface area (Å²) in [5.41, 5.74) is 12.3. The number of rotatable bonds is 5. The quantitative estimate of drug-likeness (QED) is 0.426. The summed E-state index contributed by atoms with van der Waals surface area (Å²) in [5.74, 6) is 0. The van der Waals surface area contributed by atoms with Crippen molar-refractivity contribution < 1.29 is 42.5 Å². The summed E-state index contributed by atoms with van der Waals surface area (Å²) < 4.78 is 32.8. The van der Waals surface area contributed by atoms with Crippen molar-refractivity contribution in [2.24, 2.45) is 11.5 Å². The Labute approximate surface area is 124 Å². The van der Waals surface area contributed by atoms with Crippen molar-refractivity contribution in [2.45, 2.75) is 17.7 Å². The number of hydrogen-bond acceptors (Lipinski definition) is 5. The van der Waals surface area contributed by atoms with Crippen molar-refractivity contribution in [3.05, 3.63) is 29.3 Å². The van der Waals surface area contributed by atoms with E-state index in [2.05, 4.69) is 0 Å². The van der Waals surface area contributed by atoms with E-state index < -0.39 is 10.1 Å². The molecule has 90 valence electrons. The maximum Gasteiger partial charge on any atom is 1.00 e. The van der Waals surface area contributed by atoms with Gasteiger partial charge in [-0.15, -0.1) is 0 Å². The van der Waals surface area contributed by atoms with Crippen LogP contribution in [0.25, 0.3) is 0 Å². The average Bonchev–Trinajstić information content (AvgIpc) is 2.17. The van der Waals surface area contributed by atoms with E-state index in [1.165, 1.54) is 12.1 Å². The zero-order valence-electron chi connectivity index (χ0n) is 9.85. The van der Waals surface area contributed by atoms with Gasteiger partial charge in [0.2, 0.25) is 0 Å². The Kier molecular flexibility index (Phi) is 7.50. The topological polar surface area (TPSA) is 109 Å². The van der Waals surface area contributed by atoms with Gasteiger partial charge in [-0.1, -0.05) is 6.07 Å². The molecule has 0 aliphatic rings. The van der Waals surface area contributed by atoms with Crippen LogP contribution < -0.4 is 41.0 Å². The fraction of sp³-hybridized carbons (Fsp3) is 0.400. The van der Waals surface area contributed by atoms with E-state index in [1.54, 1.807) is 0 Å². The van der Waals surface area contributed by atoms with Gasteiger partial charge in [-0.05, 0) is 49.2 Å². The van der Waals surface area contributed by atoms with E-state index in [-0.39, 0.29) is 34.5 Å². The average molecular weight is 266 g/mol. The van der Waals surface area contributed by atoms with Gasteiger partial charge in [0.05, 0.1) is 4.90 Å². The molecule has 0 unspecified atom stereocenters. The molecule has 0 atom stereocenters. The van der Waals surface area contributed by atoms with Crippen LogP contribution in [0.15, 0.2) is 23.1 Å². The minimum atomic E-state index is -4.42. The zero-order valence-corrected chi connectivity index (χ0v) is 12.7. The molecule has 7 heteroatoms. The maximum atomic E-state index is 10.9. The first-order chi connectivity index (χ1) is 7.47. The Morgan fingerprint density at radius 1 is 1.00 bits per heavy atom. The van der Waals surface area contributed by atoms with Crippen LogP contribution in [0.3, 0.4) is 0 Å². The maximum absolute atomic E-state index is 10.9. The van der Waals surface area contributed by atoms with Crippen LogP contribution in [0.1, 0.15) is 11.1 Å². The zero-order chi connectivity index (χ0) is 12.2. The summed E-state index contributed by atoms with van der Waals surface area (Å²) in [5, 5.41) is 0. The molecule has 0 saturated heterocycles. The summed E-state index contributed by atoms with van der Waals surface area (Å²) in [6.07, 6.45) is 1.09. The summed E-state index contributed by atoms with van der Waals surface area (Å²) in [7, 11) is -4.42. The largest absolute Gasteiger partial charge is 1.00 e. The van der Waals surface area contributed by atoms with E-state index in [0.717, 1.165) is 11.1 Å². The number of nitrogens with two attached hydrogens (primary N) is 2. The third-order valence-corrected chi connectivity index (χ3v) is 2.99. The number of benzene rings is 1. The van der Waals surface area contributed by atoms with Crippen LogP contribution in [0, 0.1) is 0 Å². The summed E-state index contributed by atoms with van der Waals surface area (Å²) >= 11 is 0. The third-order valence-electron chi connectivity index (χ3n) is 2.18. The van der Waals surface area contributed by atoms with Crippen molar-refractivity contribution in [3.63, 3.8) is 0 Å². The van der Waals surface area contributed by atoms with Gasteiger partial charge in [-0.2, -0.15) is 0 Å². The summed E-state index contributed by atoms with van der Waals surface area (Å²) in [4.78, 5) is -0.207. The molecule has 0 amide bonds. The van der Waals surface area contributed by atoms with E-state index in [9.17, 15) is 13.0 Å². The van der Waals surface area contributed by atoms with Crippen LogP contribution in [-0.2, 0) is 23.0 Å². The molecule has 0 bridgehead atoms. The molecule has 1 rings (SSSR count). The molecule has 0 aliphatic heterocycles. The molecule has 0 radical (unpaired) electrons. The van der Waals surface area contributed by atoms with Crippen molar-refractivity contribution in [1.82, 2.24) is 0 Å². The molecule has 17 heavy (non-hydrogen) atoms. The Bertz CT molecular complexity index is 438. The molecular weight excluding hydrogens is 251 g/mol. The Morgan fingerprint density at radius 2 is 1.41 bits per heavy atom. The Hall–Kier alpha value is 0.0500. The minimum Gasteiger partial charge on any atom is -0.744 e. The first kappa shape index (κ1) is 17.1. The van der Waals surface area contributed by atoms with Crippen molar-refractivity contribution in [1.29, 1.82) is 0 Å². The molecule has 0 fully saturated rings. The van der Waals surface area contributed by atoms with Gasteiger partial charge < -0.3 is 16.0 Å². The van der Waals surface area contributed by atoms with Crippen LogP contribution in [0.4, 0.5) is 0 Å². The van der Waals surface area contributed by atoms with Crippen molar-refractivity contribution in [3.8, 4) is 0 Å². The molecular formula is C10H15N2NaO3S. The van der Waals surface area contributed by atoms with E-state index in [1.807, 2.05) is 6.07 Å². The van der Waals surface area contributed by atoms with Gasteiger partial charge in [0.15, 0.2) is 0 Å². The molecule has 0 spiro atoms. The molecule has 0 aliphatic carbocycles. The second-order valence-electron chi connectivity index (χ2n) is 3.52. The van der Waals surface area contributed by atoms with E-state index in [0.29, 0.717) is 25.9 Å². The smallest absolute Gasteiger partial charge is 0.744 e. The van der Waals surface area contributed by atoms with Crippen LogP contribution in [-0.4, -0.2) is 26.1 Å². The van der Waals surface area contributed by atoms with Gasteiger partial charge in [-0.3, -0.25) is 0 Å². The van der Waals surface area contributed by atoms with Crippen LogP contribution in [0.2, 0.25) is 0 Å². The SMILES string of the molecule is NCCc1cc(CCN)cc(S(=O)(=O)[O-])c1.[Na+]. The van der Waals surface area contributed by atoms with E-state index >= 15 is 0 Å². The van der Waals surface area contributed by atoms with E-state index in [4.69, 9.17) is 11.5 Å². The first-order valence-corrected chi connectivity index (χ1v) is 6.37. The van der Waals surface area contributed by atoms with Crippen LogP contribution >= 0.6 is 0 Å². The Morgan fingerprint density at radius 3 is 1.71 bits per heavy atom. The second-order valence-corrected chi connectivity index (χ2v) is 4.90. The number of hydrogen-bond donors (Lipinski definition) is 2. The first-order valence-electron chi connectivity index (χ1n) is 4.96. The predicted octanol–water partition coefficient (Wildman–Crippen LogP) is -3.40. The second kappa shape index (κ2) is 7.48. The van der Waals surface area contributed by atoms with Crippen molar-refractivity contribution >= 4 is 10.1 Å². The normalized spacial score (nSPS) is 11.0. The summed E-state index contributed by atoms with van der Waals surface area (Å²) in [6, 6.07) is 4.57. The van der Waals surface area contributed by atoms with Gasteiger partial charge in [-0.25, -0.2) is 8.42 Å². The fourth-order valence-corrected chi connectivity index (χ4v) is 2.09. The monoisotopic (exact) mass is 266 g/mol. The minimum absolute atomic E-state index is 0. The Balaban J connectivity index is 0.00000256. The van der Waals surface area contributed by atoms with Gasteiger partial charge in [0.1, 0.15) is 10.1 Å². The third kappa shape index (κ3) is 5.48. The molecule has 4 N–H and O–H groups in total. The van der Waals surface area contributed by atoms with Gasteiger partial charge >= 0.3 is 29.6 Å². The standard InChI is InChI=1S/C10H16N2O3S.Na/c11-3-1-8-5-9(2-4-12)7-10(6-8)16(13,14)15;/h5-7H,1-4,11-12H2,(H,13,14,15);/q;+1/p-1.